The first-order chi connectivity index (χ1) is 10.2. The van der Waals surface area contributed by atoms with Crippen molar-refractivity contribution in [2.24, 2.45) is 0 Å². The minimum absolute atomic E-state index is 0.186. The second-order valence-electron chi connectivity index (χ2n) is 4.72. The van der Waals surface area contributed by atoms with Gasteiger partial charge in [0.2, 0.25) is 0 Å². The minimum Gasteiger partial charge on any atom is -0.461 e. The van der Waals surface area contributed by atoms with Gasteiger partial charge in [0.05, 0.1) is 11.6 Å². The molecule has 21 heavy (non-hydrogen) atoms. The molecule has 0 radical (unpaired) electrons. The standard InChI is InChI=1S/C17H16N2O2/c18-11-14-4-1-5-15(9-14)12-21-17(20)8-7-13-3-2-6-16(19)10-13/h1-6,9-10H,7-8,12,19H2. The average molecular weight is 280 g/mol. The zero-order valence-electron chi connectivity index (χ0n) is 11.6. The predicted octanol–water partition coefficient (Wildman–Crippen LogP) is 2.82. The first-order valence-corrected chi connectivity index (χ1v) is 6.66. The lowest BCUT2D eigenvalue weighted by atomic mass is 10.1. The summed E-state index contributed by atoms with van der Waals surface area (Å²) in [6.45, 7) is 0.186. The molecule has 0 heterocycles. The summed E-state index contributed by atoms with van der Waals surface area (Å²) in [4.78, 5) is 11.7. The van der Waals surface area contributed by atoms with E-state index in [1.54, 1.807) is 18.2 Å². The van der Waals surface area contributed by atoms with Gasteiger partial charge in [-0.1, -0.05) is 24.3 Å². The Morgan fingerprint density at radius 1 is 1.14 bits per heavy atom. The molecule has 0 fully saturated rings. The molecular weight excluding hydrogens is 264 g/mol. The second kappa shape index (κ2) is 7.11. The topological polar surface area (TPSA) is 76.1 Å². The van der Waals surface area contributed by atoms with Crippen molar-refractivity contribution in [3.8, 4) is 6.07 Å². The second-order valence-corrected chi connectivity index (χ2v) is 4.72. The molecule has 0 aliphatic carbocycles. The Hall–Kier alpha value is -2.80. The van der Waals surface area contributed by atoms with Crippen LogP contribution >= 0.6 is 0 Å². The van der Waals surface area contributed by atoms with Crippen molar-refractivity contribution in [2.45, 2.75) is 19.4 Å². The monoisotopic (exact) mass is 280 g/mol. The molecule has 0 spiro atoms. The normalized spacial score (nSPS) is 9.86. The Kier molecular flexibility index (Phi) is 4.94. The molecule has 106 valence electrons. The average Bonchev–Trinajstić information content (AvgIpc) is 2.51. The number of ether oxygens (including phenoxy) is 1. The van der Waals surface area contributed by atoms with Crippen LogP contribution in [0.15, 0.2) is 48.5 Å². The third kappa shape index (κ3) is 4.66. The van der Waals surface area contributed by atoms with E-state index in [-0.39, 0.29) is 12.6 Å². The van der Waals surface area contributed by atoms with Gasteiger partial charge in [-0.15, -0.1) is 0 Å². The van der Waals surface area contributed by atoms with Crippen LogP contribution in [0, 0.1) is 11.3 Å². The largest absolute Gasteiger partial charge is 0.461 e. The number of benzene rings is 2. The predicted molar refractivity (Wildman–Crippen MR) is 80.1 cm³/mol. The Balaban J connectivity index is 1.81. The molecule has 0 saturated carbocycles. The van der Waals surface area contributed by atoms with E-state index in [2.05, 4.69) is 6.07 Å². The zero-order chi connectivity index (χ0) is 15.1. The van der Waals surface area contributed by atoms with Gasteiger partial charge < -0.3 is 10.5 Å². The van der Waals surface area contributed by atoms with Crippen LogP contribution in [-0.2, 0) is 22.6 Å². The van der Waals surface area contributed by atoms with Gasteiger partial charge in [0.15, 0.2) is 0 Å². The first kappa shape index (κ1) is 14.6. The highest BCUT2D eigenvalue weighted by Gasteiger charge is 2.05. The maximum Gasteiger partial charge on any atom is 0.306 e. The number of esters is 1. The molecule has 4 heteroatoms. The summed E-state index contributed by atoms with van der Waals surface area (Å²) in [5.41, 5.74) is 8.76. The van der Waals surface area contributed by atoms with Crippen LogP contribution in [0.5, 0.6) is 0 Å². The van der Waals surface area contributed by atoms with Crippen LogP contribution in [0.4, 0.5) is 5.69 Å². The van der Waals surface area contributed by atoms with Crippen LogP contribution in [0.2, 0.25) is 0 Å². The van der Waals surface area contributed by atoms with Gasteiger partial charge in [0.1, 0.15) is 6.61 Å². The molecule has 2 N–H and O–H groups in total. The molecular formula is C17H16N2O2. The smallest absolute Gasteiger partial charge is 0.306 e. The Bertz CT molecular complexity index is 674. The van der Waals surface area contributed by atoms with E-state index in [4.69, 9.17) is 15.7 Å². The van der Waals surface area contributed by atoms with Crippen molar-refractivity contribution < 1.29 is 9.53 Å². The van der Waals surface area contributed by atoms with Crippen LogP contribution in [-0.4, -0.2) is 5.97 Å². The summed E-state index contributed by atoms with van der Waals surface area (Å²) < 4.78 is 5.20. The maximum absolute atomic E-state index is 11.7. The van der Waals surface area contributed by atoms with Crippen molar-refractivity contribution in [3.63, 3.8) is 0 Å². The molecule has 0 aromatic heterocycles. The number of nitrogen functional groups attached to an aromatic ring is 1. The van der Waals surface area contributed by atoms with Crippen LogP contribution in [0.3, 0.4) is 0 Å². The number of aryl methyl sites for hydroxylation is 1. The van der Waals surface area contributed by atoms with Gasteiger partial charge in [-0.25, -0.2) is 0 Å². The van der Waals surface area contributed by atoms with E-state index in [1.165, 1.54) is 0 Å². The van der Waals surface area contributed by atoms with Crippen molar-refractivity contribution >= 4 is 11.7 Å². The fourth-order valence-corrected chi connectivity index (χ4v) is 1.96. The van der Waals surface area contributed by atoms with Gasteiger partial charge >= 0.3 is 5.97 Å². The first-order valence-electron chi connectivity index (χ1n) is 6.66. The molecule has 2 rings (SSSR count). The summed E-state index contributed by atoms with van der Waals surface area (Å²) >= 11 is 0. The summed E-state index contributed by atoms with van der Waals surface area (Å²) in [6.07, 6.45) is 0.906. The SMILES string of the molecule is N#Cc1cccc(COC(=O)CCc2cccc(N)c2)c1. The quantitative estimate of drug-likeness (QED) is 0.675. The van der Waals surface area contributed by atoms with Crippen molar-refractivity contribution in [3.05, 3.63) is 65.2 Å². The molecule has 4 nitrogen and oxygen atoms in total. The van der Waals surface area contributed by atoms with Crippen molar-refractivity contribution in [1.82, 2.24) is 0 Å². The summed E-state index contributed by atoms with van der Waals surface area (Å²) in [5, 5.41) is 8.80. The maximum atomic E-state index is 11.7. The van der Waals surface area contributed by atoms with E-state index < -0.39 is 0 Å². The minimum atomic E-state index is -0.264. The fraction of sp³-hybridized carbons (Fsp3) is 0.176. The van der Waals surface area contributed by atoms with E-state index in [0.29, 0.717) is 24.1 Å². The van der Waals surface area contributed by atoms with Gasteiger partial charge in [0.25, 0.3) is 0 Å². The Labute approximate surface area is 123 Å². The lowest BCUT2D eigenvalue weighted by Crippen LogP contribution is -2.06. The van der Waals surface area contributed by atoms with E-state index in [9.17, 15) is 4.79 Å². The summed E-state index contributed by atoms with van der Waals surface area (Å²) in [5.74, 6) is -0.264. The molecule has 0 atom stereocenters. The number of anilines is 1. The lowest BCUT2D eigenvalue weighted by Gasteiger charge is -2.06. The van der Waals surface area contributed by atoms with Gasteiger partial charge in [-0.2, -0.15) is 5.26 Å². The van der Waals surface area contributed by atoms with E-state index >= 15 is 0 Å². The molecule has 0 aliphatic heterocycles. The molecule has 0 unspecified atom stereocenters. The molecule has 0 aliphatic rings. The third-order valence-electron chi connectivity index (χ3n) is 3.02. The highest BCUT2D eigenvalue weighted by molar-refractivity contribution is 5.69. The van der Waals surface area contributed by atoms with Gasteiger partial charge in [-0.3, -0.25) is 4.79 Å². The highest BCUT2D eigenvalue weighted by atomic mass is 16.5. The zero-order valence-corrected chi connectivity index (χ0v) is 11.6. The van der Waals surface area contributed by atoms with Crippen LogP contribution in [0.25, 0.3) is 0 Å². The van der Waals surface area contributed by atoms with Crippen LogP contribution < -0.4 is 5.73 Å². The number of hydrogen-bond donors (Lipinski definition) is 1. The summed E-state index contributed by atoms with van der Waals surface area (Å²) in [7, 11) is 0. The van der Waals surface area contributed by atoms with Crippen molar-refractivity contribution in [2.75, 3.05) is 5.73 Å². The summed E-state index contributed by atoms with van der Waals surface area (Å²) in [6, 6.07) is 16.5. The number of nitrogens with two attached hydrogens (primary N) is 1. The van der Waals surface area contributed by atoms with E-state index in [1.807, 2.05) is 30.3 Å². The number of hydrogen-bond acceptors (Lipinski definition) is 4. The number of nitrogens with zero attached hydrogens (tertiary/aromatic N) is 1. The molecule has 2 aromatic rings. The number of nitriles is 1. The van der Waals surface area contributed by atoms with Gasteiger partial charge in [0, 0.05) is 12.1 Å². The number of carbonyl (C=O) groups is 1. The van der Waals surface area contributed by atoms with E-state index in [0.717, 1.165) is 11.1 Å². The molecule has 0 saturated heterocycles. The van der Waals surface area contributed by atoms with Gasteiger partial charge in [-0.05, 0) is 41.8 Å². The highest BCUT2D eigenvalue weighted by Crippen LogP contribution is 2.10. The number of carbonyl (C=O) groups excluding carboxylic acids is 1. The third-order valence-corrected chi connectivity index (χ3v) is 3.02. The van der Waals surface area contributed by atoms with Crippen molar-refractivity contribution in [1.29, 1.82) is 5.26 Å². The fourth-order valence-electron chi connectivity index (χ4n) is 1.96. The Morgan fingerprint density at radius 3 is 2.67 bits per heavy atom. The Morgan fingerprint density at radius 2 is 1.90 bits per heavy atom. The lowest BCUT2D eigenvalue weighted by molar-refractivity contribution is -0.144. The molecule has 0 amide bonds. The molecule has 2 aromatic carbocycles. The number of rotatable bonds is 5. The molecule has 0 bridgehead atoms. The van der Waals surface area contributed by atoms with Crippen LogP contribution in [0.1, 0.15) is 23.1 Å².